The van der Waals surface area contributed by atoms with Crippen molar-refractivity contribution in [2.24, 2.45) is 0 Å². The lowest BCUT2D eigenvalue weighted by molar-refractivity contribution is -0.387. The maximum atomic E-state index is 12.4. The summed E-state index contributed by atoms with van der Waals surface area (Å²) < 4.78 is 24.6. The lowest BCUT2D eigenvalue weighted by Crippen LogP contribution is -2.04. The number of anilines is 1. The normalized spacial score (nSPS) is 10.6. The van der Waals surface area contributed by atoms with Crippen LogP contribution in [0.4, 0.5) is 20.3 Å². The highest BCUT2D eigenvalue weighted by molar-refractivity contribution is 9.10. The van der Waals surface area contributed by atoms with E-state index in [2.05, 4.69) is 20.9 Å². The number of nitrogens with zero attached hydrogens (tertiary/aromatic N) is 2. The van der Waals surface area contributed by atoms with Gasteiger partial charge in [0.1, 0.15) is 15.9 Å². The van der Waals surface area contributed by atoms with Crippen LogP contribution in [-0.4, -0.2) is 9.91 Å². The number of hydrogen-bond donors (Lipinski definition) is 1. The largest absolute Gasteiger partial charge is 0.383 e. The first-order chi connectivity index (χ1) is 6.45. The van der Waals surface area contributed by atoms with Crippen molar-refractivity contribution in [3.63, 3.8) is 0 Å². The zero-order chi connectivity index (χ0) is 10.9. The highest BCUT2D eigenvalue weighted by Crippen LogP contribution is 2.37. The van der Waals surface area contributed by atoms with Gasteiger partial charge < -0.3 is 5.73 Å². The number of nitrogens with two attached hydrogens (primary N) is 1. The average molecular weight is 268 g/mol. The van der Waals surface area contributed by atoms with E-state index in [1.807, 2.05) is 0 Å². The summed E-state index contributed by atoms with van der Waals surface area (Å²) in [5, 5.41) is 10.5. The summed E-state index contributed by atoms with van der Waals surface area (Å²) in [6.07, 6.45) is -2.01. The highest BCUT2D eigenvalue weighted by Gasteiger charge is 2.28. The van der Waals surface area contributed by atoms with Crippen LogP contribution in [0.1, 0.15) is 12.0 Å². The number of hydrogen-bond acceptors (Lipinski definition) is 4. The molecule has 5 nitrogen and oxygen atoms in total. The Labute approximate surface area is 85.2 Å². The van der Waals surface area contributed by atoms with Crippen molar-refractivity contribution >= 4 is 27.4 Å². The van der Waals surface area contributed by atoms with E-state index in [1.165, 1.54) is 0 Å². The maximum absolute atomic E-state index is 12.4. The van der Waals surface area contributed by atoms with Gasteiger partial charge in [0.25, 0.3) is 12.1 Å². The number of alkyl halides is 2. The summed E-state index contributed by atoms with van der Waals surface area (Å²) >= 11 is 2.76. The van der Waals surface area contributed by atoms with E-state index in [-0.39, 0.29) is 4.47 Å². The van der Waals surface area contributed by atoms with Gasteiger partial charge in [-0.3, -0.25) is 10.1 Å². The van der Waals surface area contributed by atoms with E-state index in [0.717, 1.165) is 6.20 Å². The van der Waals surface area contributed by atoms with E-state index < -0.39 is 28.4 Å². The Bertz CT molecular complexity index is 386. The van der Waals surface area contributed by atoms with Crippen LogP contribution in [0.5, 0.6) is 0 Å². The smallest absolute Gasteiger partial charge is 0.297 e. The minimum absolute atomic E-state index is 0.119. The van der Waals surface area contributed by atoms with Gasteiger partial charge in [0.15, 0.2) is 0 Å². The molecule has 1 aromatic rings. The van der Waals surface area contributed by atoms with Crippen molar-refractivity contribution in [2.45, 2.75) is 6.43 Å². The van der Waals surface area contributed by atoms with Crippen LogP contribution in [0.3, 0.4) is 0 Å². The molecule has 1 heterocycles. The number of aromatic nitrogens is 1. The van der Waals surface area contributed by atoms with Crippen LogP contribution in [0.2, 0.25) is 0 Å². The summed E-state index contributed by atoms with van der Waals surface area (Å²) in [5.41, 5.74) is 3.51. The molecule has 1 aromatic heterocycles. The zero-order valence-corrected chi connectivity index (χ0v) is 8.16. The molecule has 14 heavy (non-hydrogen) atoms. The Morgan fingerprint density at radius 3 is 2.57 bits per heavy atom. The van der Waals surface area contributed by atoms with Crippen molar-refractivity contribution in [3.8, 4) is 0 Å². The van der Waals surface area contributed by atoms with Crippen molar-refractivity contribution in [1.82, 2.24) is 4.98 Å². The second-order valence-electron chi connectivity index (χ2n) is 2.31. The van der Waals surface area contributed by atoms with Crippen molar-refractivity contribution in [2.75, 3.05) is 5.73 Å². The molecule has 0 amide bonds. The molecule has 0 aromatic carbocycles. The van der Waals surface area contributed by atoms with Gasteiger partial charge in [0.2, 0.25) is 0 Å². The summed E-state index contributed by atoms with van der Waals surface area (Å²) in [6.45, 7) is 0. The quantitative estimate of drug-likeness (QED) is 0.658. The lowest BCUT2D eigenvalue weighted by atomic mass is 10.2. The standard InChI is InChI=1S/C6H4BrF2N3O2/c7-2-1-11-6(10)3(5(8)9)4(2)12(13)14/h1,5H,(H2,10,11). The SMILES string of the molecule is Nc1ncc(Br)c([N+](=O)[O-])c1C(F)F. The van der Waals surface area contributed by atoms with Crippen LogP contribution in [0.25, 0.3) is 0 Å². The van der Waals surface area contributed by atoms with Crippen LogP contribution in [0, 0.1) is 10.1 Å². The minimum Gasteiger partial charge on any atom is -0.383 e. The number of nitro groups is 1. The molecule has 0 saturated heterocycles. The summed E-state index contributed by atoms with van der Waals surface area (Å²) in [6, 6.07) is 0. The molecule has 0 radical (unpaired) electrons. The molecule has 2 N–H and O–H groups in total. The second kappa shape index (κ2) is 3.82. The third kappa shape index (κ3) is 1.79. The number of rotatable bonds is 2. The van der Waals surface area contributed by atoms with Crippen LogP contribution >= 0.6 is 15.9 Å². The topological polar surface area (TPSA) is 82.0 Å². The average Bonchev–Trinajstić information content (AvgIpc) is 2.07. The lowest BCUT2D eigenvalue weighted by Gasteiger charge is -2.05. The van der Waals surface area contributed by atoms with Gasteiger partial charge >= 0.3 is 0 Å². The van der Waals surface area contributed by atoms with Crippen LogP contribution in [0.15, 0.2) is 10.7 Å². The fourth-order valence-electron chi connectivity index (χ4n) is 0.908. The van der Waals surface area contributed by atoms with E-state index in [0.29, 0.717) is 0 Å². The second-order valence-corrected chi connectivity index (χ2v) is 3.17. The van der Waals surface area contributed by atoms with E-state index in [4.69, 9.17) is 5.73 Å². The van der Waals surface area contributed by atoms with Gasteiger partial charge in [-0.1, -0.05) is 0 Å². The Balaban J connectivity index is 3.50. The molecule has 0 aliphatic carbocycles. The molecule has 8 heteroatoms. The molecule has 0 atom stereocenters. The molecule has 0 saturated carbocycles. The molecule has 0 unspecified atom stereocenters. The highest BCUT2D eigenvalue weighted by atomic mass is 79.9. The zero-order valence-electron chi connectivity index (χ0n) is 6.58. The Kier molecular flexibility index (Phi) is 2.94. The molecule has 1 rings (SSSR count). The molecule has 0 fully saturated rings. The first-order valence-electron chi connectivity index (χ1n) is 3.31. The third-order valence-corrected chi connectivity index (χ3v) is 2.06. The molecule has 0 aliphatic rings. The van der Waals surface area contributed by atoms with Crippen molar-refractivity contribution in [3.05, 3.63) is 26.3 Å². The molecular weight excluding hydrogens is 264 g/mol. The fourth-order valence-corrected chi connectivity index (χ4v) is 1.37. The van der Waals surface area contributed by atoms with E-state index in [9.17, 15) is 18.9 Å². The fraction of sp³-hybridized carbons (Fsp3) is 0.167. The van der Waals surface area contributed by atoms with E-state index >= 15 is 0 Å². The van der Waals surface area contributed by atoms with E-state index in [1.54, 1.807) is 0 Å². The van der Waals surface area contributed by atoms with Gasteiger partial charge in [-0.15, -0.1) is 0 Å². The molecule has 0 spiro atoms. The van der Waals surface area contributed by atoms with Crippen LogP contribution < -0.4 is 5.73 Å². The first kappa shape index (κ1) is 10.8. The maximum Gasteiger partial charge on any atom is 0.297 e. The number of halogens is 3. The van der Waals surface area contributed by atoms with Gasteiger partial charge in [-0.2, -0.15) is 0 Å². The Morgan fingerprint density at radius 1 is 1.64 bits per heavy atom. The van der Waals surface area contributed by atoms with Gasteiger partial charge in [-0.05, 0) is 15.9 Å². The first-order valence-corrected chi connectivity index (χ1v) is 4.11. The van der Waals surface area contributed by atoms with Crippen LogP contribution in [-0.2, 0) is 0 Å². The summed E-state index contributed by atoms with van der Waals surface area (Å²) in [4.78, 5) is 12.9. The predicted octanol–water partition coefficient (Wildman–Crippen LogP) is 2.27. The summed E-state index contributed by atoms with van der Waals surface area (Å²) in [5.74, 6) is -0.532. The molecule has 0 aliphatic heterocycles. The van der Waals surface area contributed by atoms with Gasteiger partial charge in [-0.25, -0.2) is 13.8 Å². The molecule has 76 valence electrons. The molecular formula is C6H4BrF2N3O2. The predicted molar refractivity (Wildman–Crippen MR) is 48.0 cm³/mol. The van der Waals surface area contributed by atoms with Crippen molar-refractivity contribution in [1.29, 1.82) is 0 Å². The minimum atomic E-state index is -3.03. The number of pyridine rings is 1. The Morgan fingerprint density at radius 2 is 2.21 bits per heavy atom. The third-order valence-electron chi connectivity index (χ3n) is 1.48. The molecule has 0 bridgehead atoms. The van der Waals surface area contributed by atoms with Crippen molar-refractivity contribution < 1.29 is 13.7 Å². The van der Waals surface area contributed by atoms with Gasteiger partial charge in [0.05, 0.1) is 11.1 Å². The monoisotopic (exact) mass is 267 g/mol. The van der Waals surface area contributed by atoms with Gasteiger partial charge in [0, 0.05) is 0 Å². The number of nitrogen functional groups attached to an aromatic ring is 1. The Hall–Kier alpha value is -1.31. The summed E-state index contributed by atoms with van der Waals surface area (Å²) in [7, 11) is 0.